The molecule has 1 atom stereocenters. The van der Waals surface area contributed by atoms with Crippen LogP contribution in [0.1, 0.15) is 12.0 Å². The summed E-state index contributed by atoms with van der Waals surface area (Å²) in [5.41, 5.74) is 1.18. The van der Waals surface area contributed by atoms with Gasteiger partial charge in [-0.3, -0.25) is 4.98 Å². The van der Waals surface area contributed by atoms with Crippen LogP contribution in [0.2, 0.25) is 0 Å². The van der Waals surface area contributed by atoms with Crippen LogP contribution >= 0.6 is 0 Å². The van der Waals surface area contributed by atoms with E-state index < -0.39 is 6.10 Å². The zero-order valence-electron chi connectivity index (χ0n) is 10.2. The lowest BCUT2D eigenvalue weighted by Crippen LogP contribution is -2.18. The first-order chi connectivity index (χ1) is 8.84. The van der Waals surface area contributed by atoms with E-state index in [9.17, 15) is 5.11 Å². The van der Waals surface area contributed by atoms with E-state index in [-0.39, 0.29) is 0 Å². The second-order valence-corrected chi connectivity index (χ2v) is 4.17. The number of hydrogen-bond acceptors (Lipinski definition) is 3. The quantitative estimate of drug-likeness (QED) is 0.847. The number of aliphatic hydroxyl groups is 1. The van der Waals surface area contributed by atoms with E-state index in [1.54, 1.807) is 12.4 Å². The molecule has 0 unspecified atom stereocenters. The van der Waals surface area contributed by atoms with Crippen molar-refractivity contribution in [1.29, 1.82) is 0 Å². The minimum atomic E-state index is -0.446. The molecule has 0 fully saturated rings. The summed E-state index contributed by atoms with van der Waals surface area (Å²) in [4.78, 5) is 3.96. The lowest BCUT2D eigenvalue weighted by Gasteiger charge is -2.12. The van der Waals surface area contributed by atoms with Crippen LogP contribution in [0.25, 0.3) is 0 Å². The summed E-state index contributed by atoms with van der Waals surface area (Å²) in [5, 5.41) is 9.83. The molecule has 3 heteroatoms. The average Bonchev–Trinajstić information content (AvgIpc) is 2.45. The number of aromatic nitrogens is 1. The number of aryl methyl sites for hydroxylation is 1. The van der Waals surface area contributed by atoms with Crippen molar-refractivity contribution in [2.24, 2.45) is 0 Å². The van der Waals surface area contributed by atoms with Gasteiger partial charge in [0.2, 0.25) is 0 Å². The Morgan fingerprint density at radius 1 is 1.06 bits per heavy atom. The first-order valence-electron chi connectivity index (χ1n) is 6.09. The molecule has 0 amide bonds. The molecule has 0 aliphatic carbocycles. The Kier molecular flexibility index (Phi) is 4.73. The van der Waals surface area contributed by atoms with Gasteiger partial charge >= 0.3 is 0 Å². The van der Waals surface area contributed by atoms with E-state index in [0.29, 0.717) is 13.0 Å². The molecule has 2 aromatic rings. The molecule has 18 heavy (non-hydrogen) atoms. The molecule has 94 valence electrons. The van der Waals surface area contributed by atoms with Crippen molar-refractivity contribution in [2.75, 3.05) is 6.61 Å². The number of pyridine rings is 1. The summed E-state index contributed by atoms with van der Waals surface area (Å²) in [6.45, 7) is 0.328. The third-order valence-corrected chi connectivity index (χ3v) is 2.70. The minimum Gasteiger partial charge on any atom is -0.491 e. The van der Waals surface area contributed by atoms with Crippen molar-refractivity contribution >= 4 is 0 Å². The minimum absolute atomic E-state index is 0.328. The Morgan fingerprint density at radius 2 is 1.78 bits per heavy atom. The normalized spacial score (nSPS) is 12.1. The number of hydrogen-bond donors (Lipinski definition) is 1. The highest BCUT2D eigenvalue weighted by molar-refractivity contribution is 5.20. The molecule has 0 aliphatic rings. The van der Waals surface area contributed by atoms with Gasteiger partial charge in [0.05, 0.1) is 6.10 Å². The van der Waals surface area contributed by atoms with Gasteiger partial charge in [-0.05, 0) is 42.7 Å². The topological polar surface area (TPSA) is 42.4 Å². The van der Waals surface area contributed by atoms with Crippen LogP contribution in [-0.4, -0.2) is 22.8 Å². The highest BCUT2D eigenvalue weighted by Crippen LogP contribution is 2.10. The van der Waals surface area contributed by atoms with Crippen molar-refractivity contribution in [1.82, 2.24) is 4.98 Å². The van der Waals surface area contributed by atoms with E-state index >= 15 is 0 Å². The standard InChI is InChI=1S/C15H17NO2/c17-14(7-6-13-8-10-16-11-9-13)12-18-15-4-2-1-3-5-15/h1-5,8-11,14,17H,6-7,12H2/t14-/m0/s1. The van der Waals surface area contributed by atoms with Crippen LogP contribution < -0.4 is 4.74 Å². The van der Waals surface area contributed by atoms with Crippen LogP contribution in [-0.2, 0) is 6.42 Å². The predicted molar refractivity (Wildman–Crippen MR) is 70.5 cm³/mol. The SMILES string of the molecule is O[C@@H](CCc1ccncc1)COc1ccccc1. The second-order valence-electron chi connectivity index (χ2n) is 4.17. The third kappa shape index (κ3) is 4.18. The van der Waals surface area contributed by atoms with Gasteiger partial charge in [0.15, 0.2) is 0 Å². The molecule has 1 N–H and O–H groups in total. The maximum atomic E-state index is 9.83. The van der Waals surface area contributed by atoms with Crippen molar-refractivity contribution in [3.8, 4) is 5.75 Å². The van der Waals surface area contributed by atoms with Crippen molar-refractivity contribution in [2.45, 2.75) is 18.9 Å². The summed E-state index contributed by atoms with van der Waals surface area (Å²) in [5.74, 6) is 0.792. The Morgan fingerprint density at radius 3 is 2.50 bits per heavy atom. The van der Waals surface area contributed by atoms with E-state index in [4.69, 9.17) is 4.74 Å². The molecule has 0 bridgehead atoms. The molecule has 1 aromatic carbocycles. The molecular weight excluding hydrogens is 226 g/mol. The maximum absolute atomic E-state index is 9.83. The molecule has 1 heterocycles. The van der Waals surface area contributed by atoms with Crippen LogP contribution in [0.15, 0.2) is 54.9 Å². The average molecular weight is 243 g/mol. The second kappa shape index (κ2) is 6.77. The van der Waals surface area contributed by atoms with E-state index in [1.165, 1.54) is 5.56 Å². The van der Waals surface area contributed by atoms with Crippen molar-refractivity contribution < 1.29 is 9.84 Å². The molecule has 0 radical (unpaired) electrons. The maximum Gasteiger partial charge on any atom is 0.119 e. The first kappa shape index (κ1) is 12.6. The summed E-state index contributed by atoms with van der Waals surface area (Å²) in [6, 6.07) is 13.5. The van der Waals surface area contributed by atoms with Crippen LogP contribution in [0.5, 0.6) is 5.75 Å². The smallest absolute Gasteiger partial charge is 0.119 e. The summed E-state index contributed by atoms with van der Waals surface area (Å²) in [6.07, 6.45) is 4.61. The Balaban J connectivity index is 1.71. The van der Waals surface area contributed by atoms with Crippen LogP contribution in [0.3, 0.4) is 0 Å². The highest BCUT2D eigenvalue weighted by Gasteiger charge is 2.05. The molecule has 2 rings (SSSR count). The fraction of sp³-hybridized carbons (Fsp3) is 0.267. The van der Waals surface area contributed by atoms with Gasteiger partial charge in [0, 0.05) is 12.4 Å². The van der Waals surface area contributed by atoms with Gasteiger partial charge in [0.25, 0.3) is 0 Å². The van der Waals surface area contributed by atoms with E-state index in [0.717, 1.165) is 12.2 Å². The zero-order chi connectivity index (χ0) is 12.6. The Hall–Kier alpha value is -1.87. The summed E-state index contributed by atoms with van der Waals surface area (Å²) < 4.78 is 5.49. The number of aliphatic hydroxyl groups excluding tert-OH is 1. The molecule has 1 aromatic heterocycles. The van der Waals surface area contributed by atoms with E-state index in [1.807, 2.05) is 42.5 Å². The van der Waals surface area contributed by atoms with Gasteiger partial charge in [-0.1, -0.05) is 18.2 Å². The lowest BCUT2D eigenvalue weighted by atomic mass is 10.1. The molecule has 0 saturated carbocycles. The van der Waals surface area contributed by atoms with Crippen LogP contribution in [0, 0.1) is 0 Å². The van der Waals surface area contributed by atoms with Gasteiger partial charge in [-0.15, -0.1) is 0 Å². The number of rotatable bonds is 6. The molecule has 3 nitrogen and oxygen atoms in total. The fourth-order valence-corrected chi connectivity index (χ4v) is 1.68. The number of para-hydroxylation sites is 1. The number of nitrogens with zero attached hydrogens (tertiary/aromatic N) is 1. The molecule has 0 spiro atoms. The fourth-order valence-electron chi connectivity index (χ4n) is 1.68. The van der Waals surface area contributed by atoms with Gasteiger partial charge in [0.1, 0.15) is 12.4 Å². The Labute approximate surface area is 107 Å². The van der Waals surface area contributed by atoms with E-state index in [2.05, 4.69) is 4.98 Å². The first-order valence-corrected chi connectivity index (χ1v) is 6.09. The van der Waals surface area contributed by atoms with Gasteiger partial charge < -0.3 is 9.84 Å². The zero-order valence-corrected chi connectivity index (χ0v) is 10.2. The van der Waals surface area contributed by atoms with Gasteiger partial charge in [-0.25, -0.2) is 0 Å². The Bertz CT molecular complexity index is 401. The van der Waals surface area contributed by atoms with Crippen LogP contribution in [0.4, 0.5) is 0 Å². The summed E-state index contributed by atoms with van der Waals surface area (Å²) >= 11 is 0. The van der Waals surface area contributed by atoms with Crippen molar-refractivity contribution in [3.63, 3.8) is 0 Å². The predicted octanol–water partition coefficient (Wildman–Crippen LogP) is 2.45. The summed E-state index contributed by atoms with van der Waals surface area (Å²) in [7, 11) is 0. The van der Waals surface area contributed by atoms with Crippen molar-refractivity contribution in [3.05, 3.63) is 60.4 Å². The molecule has 0 aliphatic heterocycles. The number of ether oxygens (including phenoxy) is 1. The largest absolute Gasteiger partial charge is 0.491 e. The monoisotopic (exact) mass is 243 g/mol. The number of benzene rings is 1. The highest BCUT2D eigenvalue weighted by atomic mass is 16.5. The molecular formula is C15H17NO2. The molecule has 0 saturated heterocycles. The lowest BCUT2D eigenvalue weighted by molar-refractivity contribution is 0.100. The third-order valence-electron chi connectivity index (χ3n) is 2.70. The van der Waals surface area contributed by atoms with Gasteiger partial charge in [-0.2, -0.15) is 0 Å².